The summed E-state index contributed by atoms with van der Waals surface area (Å²) in [4.78, 5) is 0. The van der Waals surface area contributed by atoms with Crippen molar-refractivity contribution in [1.29, 1.82) is 0 Å². The van der Waals surface area contributed by atoms with Gasteiger partial charge in [0, 0.05) is 37.6 Å². The van der Waals surface area contributed by atoms with E-state index in [2.05, 4.69) is 29.8 Å². The number of aliphatic hydroxyl groups is 1. The number of aliphatic hydroxyl groups excluding tert-OH is 1. The molecule has 7 fully saturated rings. The summed E-state index contributed by atoms with van der Waals surface area (Å²) in [5.74, 6) is 3.03. The molecule has 3 N–H and O–H groups in total. The van der Waals surface area contributed by atoms with Gasteiger partial charge in [0.25, 0.3) is 0 Å². The van der Waals surface area contributed by atoms with Crippen LogP contribution in [0.25, 0.3) is 0 Å². The van der Waals surface area contributed by atoms with E-state index in [0.717, 1.165) is 25.8 Å². The van der Waals surface area contributed by atoms with Gasteiger partial charge in [-0.2, -0.15) is 18.3 Å². The van der Waals surface area contributed by atoms with Crippen molar-refractivity contribution in [2.24, 2.45) is 35.5 Å². The number of ether oxygens (including phenoxy) is 1. The Morgan fingerprint density at radius 3 is 2.57 bits per heavy atom. The lowest BCUT2D eigenvalue weighted by molar-refractivity contribution is -0.0681. The third kappa shape index (κ3) is 5.64. The first-order valence-corrected chi connectivity index (χ1v) is 16.4. The molecule has 0 amide bonds. The molecule has 0 aromatic rings. The van der Waals surface area contributed by atoms with Crippen LogP contribution in [0, 0.1) is 35.5 Å². The molecule has 0 spiro atoms. The minimum Gasteiger partial charge on any atom is -0.391 e. The van der Waals surface area contributed by atoms with Crippen molar-refractivity contribution in [3.63, 3.8) is 0 Å². The highest BCUT2D eigenvalue weighted by atomic mass is 32.2. The van der Waals surface area contributed by atoms with Crippen LogP contribution in [0.4, 0.5) is 0 Å². The summed E-state index contributed by atoms with van der Waals surface area (Å²) in [6.45, 7) is 6.97. The monoisotopic (exact) mass is 540 g/mol. The van der Waals surface area contributed by atoms with Crippen LogP contribution in [0.15, 0.2) is 0 Å². The predicted molar refractivity (Wildman–Crippen MR) is 140 cm³/mol. The minimum absolute atomic E-state index is 0.0535. The number of hydrogen-bond acceptors (Lipinski definition) is 8. The number of nitrogens with zero attached hydrogens (tertiary/aromatic N) is 2. The molecule has 7 rings (SSSR count). The van der Waals surface area contributed by atoms with E-state index in [9.17, 15) is 13.5 Å². The van der Waals surface area contributed by atoms with E-state index in [0.29, 0.717) is 74.2 Å². The molecule has 37 heavy (non-hydrogen) atoms. The van der Waals surface area contributed by atoms with E-state index in [1.807, 2.05) is 0 Å². The lowest BCUT2D eigenvalue weighted by Gasteiger charge is -2.45. The van der Waals surface area contributed by atoms with E-state index < -0.39 is 16.4 Å². The summed E-state index contributed by atoms with van der Waals surface area (Å²) in [7, 11) is -3.69. The largest absolute Gasteiger partial charge is 0.391 e. The van der Waals surface area contributed by atoms with Gasteiger partial charge in [0.15, 0.2) is 0 Å². The Bertz CT molecular complexity index is 907. The summed E-state index contributed by atoms with van der Waals surface area (Å²) in [6.07, 6.45) is 9.51. The first-order valence-electron chi connectivity index (χ1n) is 15.0. The zero-order valence-corrected chi connectivity index (χ0v) is 23.4. The summed E-state index contributed by atoms with van der Waals surface area (Å²) in [6, 6.07) is 0.899. The highest BCUT2D eigenvalue weighted by Gasteiger charge is 2.47. The van der Waals surface area contributed by atoms with Gasteiger partial charge in [-0.15, -0.1) is 0 Å². The lowest BCUT2D eigenvalue weighted by Crippen LogP contribution is -2.53. The SMILES string of the molecule is CC1CCC2CC1CN1CC3CC(CCC3OS1(=O)=O)OC[C@H](O)CCN1NNC3C(C)C(CCC31)C2. The third-order valence-corrected chi connectivity index (χ3v) is 12.4. The maximum atomic E-state index is 13.1. The van der Waals surface area contributed by atoms with Gasteiger partial charge in [-0.05, 0) is 81.0 Å². The van der Waals surface area contributed by atoms with Crippen molar-refractivity contribution in [3.8, 4) is 0 Å². The van der Waals surface area contributed by atoms with E-state index in [1.165, 1.54) is 32.1 Å². The van der Waals surface area contributed by atoms with Crippen molar-refractivity contribution in [3.05, 3.63) is 0 Å². The Kier molecular flexibility index (Phi) is 7.93. The summed E-state index contributed by atoms with van der Waals surface area (Å²) < 4.78 is 39.8. The topological polar surface area (TPSA) is 103 Å². The second-order valence-corrected chi connectivity index (χ2v) is 14.8. The van der Waals surface area contributed by atoms with Gasteiger partial charge in [0.05, 0.1) is 24.9 Å². The normalized spacial score (nSPS) is 52.6. The Morgan fingerprint density at radius 1 is 0.892 bits per heavy atom. The smallest absolute Gasteiger partial charge is 0.338 e. The van der Waals surface area contributed by atoms with E-state index in [4.69, 9.17) is 8.92 Å². The molecular formula is C27H48N4O5S. The Balaban J connectivity index is 1.21. The van der Waals surface area contributed by atoms with Crippen LogP contribution >= 0.6 is 0 Å². The fourth-order valence-corrected chi connectivity index (χ4v) is 9.97. The fourth-order valence-electron chi connectivity index (χ4n) is 8.53. The second-order valence-electron chi connectivity index (χ2n) is 13.3. The first kappa shape index (κ1) is 26.9. The van der Waals surface area contributed by atoms with Crippen LogP contribution in [-0.2, 0) is 19.2 Å². The molecule has 4 saturated heterocycles. The lowest BCUT2D eigenvalue weighted by atomic mass is 9.67. The highest BCUT2D eigenvalue weighted by molar-refractivity contribution is 7.84. The molecule has 9 nitrogen and oxygen atoms in total. The van der Waals surface area contributed by atoms with Crippen LogP contribution in [0.1, 0.15) is 78.1 Å². The van der Waals surface area contributed by atoms with Gasteiger partial charge in [-0.25, -0.2) is 10.4 Å². The highest BCUT2D eigenvalue weighted by Crippen LogP contribution is 2.44. The van der Waals surface area contributed by atoms with Crippen molar-refractivity contribution in [1.82, 2.24) is 20.3 Å². The molecule has 0 radical (unpaired) electrons. The van der Waals surface area contributed by atoms with Crippen LogP contribution in [0.2, 0.25) is 0 Å². The molecule has 4 aliphatic heterocycles. The van der Waals surface area contributed by atoms with E-state index in [1.54, 1.807) is 4.31 Å². The average Bonchev–Trinajstić information content (AvgIpc) is 3.28. The Morgan fingerprint density at radius 2 is 1.70 bits per heavy atom. The number of fused-ring (bicyclic) bond motifs is 5. The predicted octanol–water partition coefficient (Wildman–Crippen LogP) is 2.43. The van der Waals surface area contributed by atoms with Gasteiger partial charge < -0.3 is 9.84 Å². The molecule has 3 aliphatic carbocycles. The van der Waals surface area contributed by atoms with Gasteiger partial charge in [-0.3, -0.25) is 4.18 Å². The quantitative estimate of drug-likeness (QED) is 0.431. The van der Waals surface area contributed by atoms with E-state index >= 15 is 0 Å². The van der Waals surface area contributed by atoms with Crippen molar-refractivity contribution >= 4 is 10.3 Å². The zero-order valence-electron chi connectivity index (χ0n) is 22.6. The standard InChI is InChI=1S/C27H48N4O5S/c1-17-3-4-19-11-20-5-7-25-27(18(20)2)28-29-31(25)10-9-23(32)16-35-24-6-8-26-22(13-24)15-30(14-21(17)12-19)37(33,34)36-26/h17-29,32H,3-16H2,1-2H3/t17?,18?,19?,20?,21?,22?,23-,24?,25?,26?,27?/m1/s1. The maximum absolute atomic E-state index is 13.1. The van der Waals surface area contributed by atoms with Gasteiger partial charge >= 0.3 is 10.3 Å². The molecular weight excluding hydrogens is 492 g/mol. The average molecular weight is 541 g/mol. The zero-order chi connectivity index (χ0) is 25.7. The van der Waals surface area contributed by atoms with Crippen LogP contribution in [-0.4, -0.2) is 79.5 Å². The summed E-state index contributed by atoms with van der Waals surface area (Å²) in [5, 5.41) is 13.0. The van der Waals surface area contributed by atoms with E-state index in [-0.39, 0.29) is 18.1 Å². The molecule has 10 heteroatoms. The van der Waals surface area contributed by atoms with Crippen LogP contribution in [0.3, 0.4) is 0 Å². The second kappa shape index (κ2) is 10.9. The molecule has 212 valence electrons. The molecule has 0 aromatic heterocycles. The molecule has 12 unspecified atom stereocenters. The number of nitrogens with one attached hydrogen (secondary N) is 2. The maximum Gasteiger partial charge on any atom is 0.338 e. The molecule has 9 bridgehead atoms. The third-order valence-electron chi connectivity index (χ3n) is 11.0. The molecule has 3 saturated carbocycles. The van der Waals surface area contributed by atoms with Crippen molar-refractivity contribution < 1.29 is 22.4 Å². The molecule has 13 atom stereocenters. The number of rotatable bonds is 0. The molecule has 4 heterocycles. The van der Waals surface area contributed by atoms with Crippen molar-refractivity contribution in [2.45, 2.75) is 108 Å². The molecule has 7 aliphatic rings. The Labute approximate surface area is 223 Å². The van der Waals surface area contributed by atoms with Crippen molar-refractivity contribution in [2.75, 3.05) is 26.2 Å². The number of hydrogen-bond donors (Lipinski definition) is 3. The summed E-state index contributed by atoms with van der Waals surface area (Å²) >= 11 is 0. The minimum atomic E-state index is -3.69. The van der Waals surface area contributed by atoms with Gasteiger partial charge in [0.2, 0.25) is 0 Å². The Hall–Kier alpha value is -0.330. The van der Waals surface area contributed by atoms with Gasteiger partial charge in [-0.1, -0.05) is 26.7 Å². The first-order chi connectivity index (χ1) is 17.8. The fraction of sp³-hybridized carbons (Fsp3) is 1.00. The molecule has 0 aromatic carbocycles. The van der Waals surface area contributed by atoms with Crippen LogP contribution < -0.4 is 11.0 Å². The number of hydrazine groups is 2. The van der Waals surface area contributed by atoms with Gasteiger partial charge in [0.1, 0.15) is 0 Å². The summed E-state index contributed by atoms with van der Waals surface area (Å²) in [5.41, 5.74) is 7.01. The van der Waals surface area contributed by atoms with Crippen LogP contribution in [0.5, 0.6) is 0 Å².